The topological polar surface area (TPSA) is 75.6 Å². The van der Waals surface area contributed by atoms with Gasteiger partial charge in [0, 0.05) is 12.1 Å². The highest BCUT2D eigenvalue weighted by atomic mass is 16.5. The maximum absolute atomic E-state index is 11.9. The van der Waals surface area contributed by atoms with E-state index in [1.54, 1.807) is 13.2 Å². The summed E-state index contributed by atoms with van der Waals surface area (Å²) in [5, 5.41) is 11.9. The highest BCUT2D eigenvalue weighted by Crippen LogP contribution is 2.40. The van der Waals surface area contributed by atoms with Gasteiger partial charge in [0.05, 0.1) is 18.9 Å². The number of nitrogens with one attached hydrogen (secondary N) is 1. The zero-order chi connectivity index (χ0) is 14.6. The molecule has 1 aromatic rings. The molecule has 2 N–H and O–H groups in total. The molecule has 1 aliphatic carbocycles. The number of ether oxygens (including phenoxy) is 1. The molecule has 5 nitrogen and oxygen atoms in total. The molecule has 5 heteroatoms. The van der Waals surface area contributed by atoms with Gasteiger partial charge in [0.1, 0.15) is 5.75 Å². The van der Waals surface area contributed by atoms with E-state index in [1.165, 1.54) is 0 Å². The second-order valence-corrected chi connectivity index (χ2v) is 5.20. The molecule has 108 valence electrons. The Kier molecular flexibility index (Phi) is 4.27. The molecule has 1 saturated carbocycles. The maximum Gasteiger partial charge on any atom is 0.311 e. The van der Waals surface area contributed by atoms with E-state index in [4.69, 9.17) is 4.74 Å². The second-order valence-electron chi connectivity index (χ2n) is 5.20. The van der Waals surface area contributed by atoms with Crippen LogP contribution in [0, 0.1) is 5.41 Å². The Balaban J connectivity index is 1.91. The molecule has 0 spiro atoms. The van der Waals surface area contributed by atoms with E-state index in [0.717, 1.165) is 12.0 Å². The van der Waals surface area contributed by atoms with Gasteiger partial charge in [0.15, 0.2) is 0 Å². The summed E-state index contributed by atoms with van der Waals surface area (Å²) in [6.07, 6.45) is 2.38. The molecule has 0 heterocycles. The lowest BCUT2D eigenvalue weighted by Crippen LogP contribution is -2.47. The van der Waals surface area contributed by atoms with Gasteiger partial charge in [-0.25, -0.2) is 0 Å². The van der Waals surface area contributed by atoms with Crippen LogP contribution in [0.15, 0.2) is 24.3 Å². The maximum atomic E-state index is 11.9. The van der Waals surface area contributed by atoms with Gasteiger partial charge in [-0.3, -0.25) is 9.59 Å². The third kappa shape index (κ3) is 2.92. The number of benzene rings is 1. The zero-order valence-electron chi connectivity index (χ0n) is 11.5. The SMILES string of the molecule is COc1ccccc1CC(=O)NCC1(C(=O)O)CCC1. The number of hydrogen-bond donors (Lipinski definition) is 2. The Morgan fingerprint density at radius 2 is 2.05 bits per heavy atom. The largest absolute Gasteiger partial charge is 0.496 e. The number of amides is 1. The van der Waals surface area contributed by atoms with Crippen LogP contribution in [0.5, 0.6) is 5.75 Å². The van der Waals surface area contributed by atoms with Crippen molar-refractivity contribution in [3.8, 4) is 5.75 Å². The van der Waals surface area contributed by atoms with Crippen LogP contribution in [-0.4, -0.2) is 30.6 Å². The molecule has 1 amide bonds. The lowest BCUT2D eigenvalue weighted by Gasteiger charge is -2.37. The minimum absolute atomic E-state index is 0.179. The van der Waals surface area contributed by atoms with Gasteiger partial charge in [-0.15, -0.1) is 0 Å². The zero-order valence-corrected chi connectivity index (χ0v) is 11.5. The first-order valence-electron chi connectivity index (χ1n) is 6.69. The molecule has 1 aromatic carbocycles. The van der Waals surface area contributed by atoms with Crippen molar-refractivity contribution in [2.24, 2.45) is 5.41 Å². The van der Waals surface area contributed by atoms with Crippen LogP contribution >= 0.6 is 0 Å². The van der Waals surface area contributed by atoms with E-state index < -0.39 is 11.4 Å². The van der Waals surface area contributed by atoms with Gasteiger partial charge in [0.2, 0.25) is 5.91 Å². The molecule has 1 aliphatic rings. The van der Waals surface area contributed by atoms with Gasteiger partial charge in [0.25, 0.3) is 0 Å². The average molecular weight is 277 g/mol. The number of carboxylic acids is 1. The normalized spacial score (nSPS) is 16.1. The van der Waals surface area contributed by atoms with Crippen LogP contribution in [0.3, 0.4) is 0 Å². The molecule has 1 fully saturated rings. The van der Waals surface area contributed by atoms with E-state index in [0.29, 0.717) is 18.6 Å². The fourth-order valence-corrected chi connectivity index (χ4v) is 2.42. The van der Waals surface area contributed by atoms with Crippen LogP contribution in [0.4, 0.5) is 0 Å². The summed E-state index contributed by atoms with van der Waals surface area (Å²) in [5.41, 5.74) is 0.0432. The van der Waals surface area contributed by atoms with Crippen LogP contribution in [0.25, 0.3) is 0 Å². The Hall–Kier alpha value is -2.04. The summed E-state index contributed by atoms with van der Waals surface area (Å²) >= 11 is 0. The number of carbonyl (C=O) groups excluding carboxylic acids is 1. The molecular weight excluding hydrogens is 258 g/mol. The summed E-state index contributed by atoms with van der Waals surface area (Å²) in [6.45, 7) is 0.205. The lowest BCUT2D eigenvalue weighted by molar-refractivity contribution is -0.154. The predicted octanol–water partition coefficient (Wildman–Crippen LogP) is 1.61. The van der Waals surface area contributed by atoms with E-state index in [9.17, 15) is 14.7 Å². The van der Waals surface area contributed by atoms with Crippen LogP contribution in [0.2, 0.25) is 0 Å². The van der Waals surface area contributed by atoms with Gasteiger partial charge in [-0.1, -0.05) is 24.6 Å². The van der Waals surface area contributed by atoms with Crippen LogP contribution < -0.4 is 10.1 Å². The standard InChI is InChI=1S/C15H19NO4/c1-20-12-6-3-2-5-11(12)9-13(17)16-10-15(14(18)19)7-4-8-15/h2-3,5-6H,4,7-10H2,1H3,(H,16,17)(H,18,19). The quantitative estimate of drug-likeness (QED) is 0.828. The van der Waals surface area contributed by atoms with Crippen molar-refractivity contribution in [2.75, 3.05) is 13.7 Å². The minimum Gasteiger partial charge on any atom is -0.496 e. The van der Waals surface area contributed by atoms with Gasteiger partial charge in [-0.05, 0) is 18.9 Å². The monoisotopic (exact) mass is 277 g/mol. The van der Waals surface area contributed by atoms with Crippen molar-refractivity contribution in [2.45, 2.75) is 25.7 Å². The summed E-state index contributed by atoms with van der Waals surface area (Å²) < 4.78 is 5.19. The molecule has 0 bridgehead atoms. The van der Waals surface area contributed by atoms with Crippen molar-refractivity contribution in [3.05, 3.63) is 29.8 Å². The fraction of sp³-hybridized carbons (Fsp3) is 0.467. The third-order valence-corrected chi connectivity index (χ3v) is 3.93. The lowest BCUT2D eigenvalue weighted by atomic mass is 9.69. The molecular formula is C15H19NO4. The second kappa shape index (κ2) is 5.94. The fourth-order valence-electron chi connectivity index (χ4n) is 2.42. The van der Waals surface area contributed by atoms with Crippen molar-refractivity contribution < 1.29 is 19.4 Å². The van der Waals surface area contributed by atoms with Gasteiger partial charge >= 0.3 is 5.97 Å². The number of carboxylic acid groups (broad SMARTS) is 1. The van der Waals surface area contributed by atoms with E-state index in [2.05, 4.69) is 5.32 Å². The molecule has 0 aromatic heterocycles. The van der Waals surface area contributed by atoms with E-state index >= 15 is 0 Å². The van der Waals surface area contributed by atoms with Crippen LogP contribution in [-0.2, 0) is 16.0 Å². The Morgan fingerprint density at radius 3 is 2.60 bits per heavy atom. The predicted molar refractivity (Wildman–Crippen MR) is 73.6 cm³/mol. The Labute approximate surface area is 117 Å². The highest BCUT2D eigenvalue weighted by molar-refractivity contribution is 5.81. The van der Waals surface area contributed by atoms with E-state index in [-0.39, 0.29) is 18.9 Å². The molecule has 0 atom stereocenters. The van der Waals surface area contributed by atoms with E-state index in [1.807, 2.05) is 18.2 Å². The summed E-state index contributed by atoms with van der Waals surface area (Å²) in [5.74, 6) is -0.331. The summed E-state index contributed by atoms with van der Waals surface area (Å²) in [7, 11) is 1.56. The van der Waals surface area contributed by atoms with Gasteiger partial charge < -0.3 is 15.2 Å². The van der Waals surface area contributed by atoms with Crippen LogP contribution in [0.1, 0.15) is 24.8 Å². The van der Waals surface area contributed by atoms with Crippen molar-refractivity contribution in [1.82, 2.24) is 5.32 Å². The number of rotatable bonds is 6. The van der Waals surface area contributed by atoms with Crippen molar-refractivity contribution >= 4 is 11.9 Å². The average Bonchev–Trinajstić information content (AvgIpc) is 2.37. The minimum atomic E-state index is -0.818. The summed E-state index contributed by atoms with van der Waals surface area (Å²) in [6, 6.07) is 7.31. The van der Waals surface area contributed by atoms with Crippen molar-refractivity contribution in [1.29, 1.82) is 0 Å². The van der Waals surface area contributed by atoms with Crippen molar-refractivity contribution in [3.63, 3.8) is 0 Å². The molecule has 0 unspecified atom stereocenters. The number of aliphatic carboxylic acids is 1. The molecule has 0 saturated heterocycles. The molecule has 2 rings (SSSR count). The number of para-hydroxylation sites is 1. The molecule has 20 heavy (non-hydrogen) atoms. The summed E-state index contributed by atoms with van der Waals surface area (Å²) in [4.78, 5) is 23.1. The third-order valence-electron chi connectivity index (χ3n) is 3.93. The molecule has 0 aliphatic heterocycles. The Bertz CT molecular complexity index is 508. The Morgan fingerprint density at radius 1 is 1.35 bits per heavy atom. The first-order chi connectivity index (χ1) is 9.57. The number of hydrogen-bond acceptors (Lipinski definition) is 3. The van der Waals surface area contributed by atoms with Gasteiger partial charge in [-0.2, -0.15) is 0 Å². The highest BCUT2D eigenvalue weighted by Gasteiger charge is 2.44. The number of carbonyl (C=O) groups is 2. The first-order valence-corrected chi connectivity index (χ1v) is 6.69. The number of methoxy groups -OCH3 is 1. The molecule has 0 radical (unpaired) electrons. The first kappa shape index (κ1) is 14.4. The smallest absolute Gasteiger partial charge is 0.311 e.